The van der Waals surface area contributed by atoms with Gasteiger partial charge in [0.1, 0.15) is 11.7 Å². The van der Waals surface area contributed by atoms with Gasteiger partial charge in [-0.1, -0.05) is 18.2 Å². The van der Waals surface area contributed by atoms with E-state index in [-0.39, 0.29) is 34.8 Å². The highest BCUT2D eigenvalue weighted by molar-refractivity contribution is 7.89. The smallest absolute Gasteiger partial charge is 0.388 e. The summed E-state index contributed by atoms with van der Waals surface area (Å²) in [4.78, 5) is 37.1. The summed E-state index contributed by atoms with van der Waals surface area (Å²) in [5.41, 5.74) is -1.31. The standard InChI is InChI=1S/C24H21F3N4O6S/c1-30-19(14-20(29-30)24(25,26)27)21(32)28-16-9-11-17(12-10-16)38(35,36)31-13-5-8-18(31)23(34)37-22(33)15-6-3-2-4-7-15/h2-4,6-7,9-12,14,18H,5,8,13H2,1H3,(H,28,32)/t18-/m0/s1. The summed E-state index contributed by atoms with van der Waals surface area (Å²) in [6.07, 6.45) is -4.18. The van der Waals surface area contributed by atoms with E-state index in [0.717, 1.165) is 8.99 Å². The SMILES string of the molecule is Cn1nc(C(F)(F)F)cc1C(=O)Nc1ccc(S(=O)(=O)N2CCC[C@H]2C(=O)OC(=O)c2ccccc2)cc1. The quantitative estimate of drug-likeness (QED) is 0.369. The van der Waals surface area contributed by atoms with E-state index in [1.165, 1.54) is 43.4 Å². The van der Waals surface area contributed by atoms with Crippen molar-refractivity contribution in [3.63, 3.8) is 0 Å². The van der Waals surface area contributed by atoms with Crippen molar-refractivity contribution in [2.75, 3.05) is 11.9 Å². The van der Waals surface area contributed by atoms with Crippen LogP contribution in [0.3, 0.4) is 0 Å². The van der Waals surface area contributed by atoms with E-state index in [0.29, 0.717) is 12.5 Å². The first-order valence-corrected chi connectivity index (χ1v) is 12.7. The van der Waals surface area contributed by atoms with Crippen LogP contribution < -0.4 is 5.32 Å². The lowest BCUT2D eigenvalue weighted by Crippen LogP contribution is -2.42. The van der Waals surface area contributed by atoms with Gasteiger partial charge in [0.25, 0.3) is 5.91 Å². The van der Waals surface area contributed by atoms with Crippen molar-refractivity contribution in [1.82, 2.24) is 14.1 Å². The Morgan fingerprint density at radius 2 is 1.71 bits per heavy atom. The van der Waals surface area contributed by atoms with Gasteiger partial charge in [0, 0.05) is 25.3 Å². The van der Waals surface area contributed by atoms with Crippen LogP contribution in [0.15, 0.2) is 65.6 Å². The van der Waals surface area contributed by atoms with Crippen LogP contribution in [-0.2, 0) is 32.8 Å². The van der Waals surface area contributed by atoms with Crippen molar-refractivity contribution >= 4 is 33.6 Å². The van der Waals surface area contributed by atoms with E-state index in [2.05, 4.69) is 10.4 Å². The van der Waals surface area contributed by atoms with E-state index < -0.39 is 45.8 Å². The van der Waals surface area contributed by atoms with Crippen molar-refractivity contribution in [1.29, 1.82) is 0 Å². The maximum Gasteiger partial charge on any atom is 0.435 e. The number of amides is 1. The molecule has 1 aromatic heterocycles. The fourth-order valence-electron chi connectivity index (χ4n) is 3.92. The number of aromatic nitrogens is 2. The molecule has 0 unspecified atom stereocenters. The normalized spacial score (nSPS) is 16.3. The number of nitrogens with one attached hydrogen (secondary N) is 1. The lowest BCUT2D eigenvalue weighted by molar-refractivity contribution is -0.142. The fourth-order valence-corrected chi connectivity index (χ4v) is 5.56. The van der Waals surface area contributed by atoms with Crippen LogP contribution in [0.1, 0.15) is 39.4 Å². The van der Waals surface area contributed by atoms with E-state index >= 15 is 0 Å². The van der Waals surface area contributed by atoms with Crippen LogP contribution in [0, 0.1) is 0 Å². The van der Waals surface area contributed by atoms with Crippen LogP contribution in [0.2, 0.25) is 0 Å². The Bertz CT molecular complexity index is 1470. The van der Waals surface area contributed by atoms with Gasteiger partial charge in [0.05, 0.1) is 10.5 Å². The van der Waals surface area contributed by atoms with Crippen molar-refractivity contribution in [3.8, 4) is 0 Å². The number of hydrogen-bond donors (Lipinski definition) is 1. The number of carbonyl (C=O) groups is 3. The summed E-state index contributed by atoms with van der Waals surface area (Å²) < 4.78 is 71.7. The zero-order chi connectivity index (χ0) is 27.7. The second-order valence-corrected chi connectivity index (χ2v) is 10.3. The summed E-state index contributed by atoms with van der Waals surface area (Å²) in [5, 5.41) is 5.67. The number of alkyl halides is 3. The third kappa shape index (κ3) is 5.60. The Labute approximate surface area is 215 Å². The number of nitrogens with zero attached hydrogens (tertiary/aromatic N) is 3. The topological polar surface area (TPSA) is 128 Å². The predicted octanol–water partition coefficient (Wildman–Crippen LogP) is 3.23. The molecule has 0 spiro atoms. The summed E-state index contributed by atoms with van der Waals surface area (Å²) in [6.45, 7) is 0.0299. The van der Waals surface area contributed by atoms with Gasteiger partial charge < -0.3 is 10.1 Å². The maximum absolute atomic E-state index is 13.2. The number of esters is 2. The number of rotatable bonds is 6. The van der Waals surface area contributed by atoms with Gasteiger partial charge in [-0.3, -0.25) is 9.48 Å². The van der Waals surface area contributed by atoms with Crippen LogP contribution in [0.5, 0.6) is 0 Å². The average molecular weight is 551 g/mol. The Kier molecular flexibility index (Phi) is 7.37. The van der Waals surface area contributed by atoms with Gasteiger partial charge in [-0.2, -0.15) is 22.6 Å². The summed E-state index contributed by atoms with van der Waals surface area (Å²) in [5.74, 6) is -2.76. The summed E-state index contributed by atoms with van der Waals surface area (Å²) in [6, 6.07) is 12.1. The molecular formula is C24H21F3N4O6S. The molecule has 200 valence electrons. The molecule has 0 radical (unpaired) electrons. The van der Waals surface area contributed by atoms with Crippen molar-refractivity contribution in [3.05, 3.63) is 77.6 Å². The van der Waals surface area contributed by atoms with Gasteiger partial charge in [-0.15, -0.1) is 0 Å². The maximum atomic E-state index is 13.2. The zero-order valence-corrected chi connectivity index (χ0v) is 20.6. The van der Waals surface area contributed by atoms with E-state index in [4.69, 9.17) is 4.74 Å². The molecule has 0 bridgehead atoms. The monoisotopic (exact) mass is 550 g/mol. The predicted molar refractivity (Wildman–Crippen MR) is 126 cm³/mol. The molecule has 14 heteroatoms. The molecule has 2 aromatic carbocycles. The molecule has 1 N–H and O–H groups in total. The van der Waals surface area contributed by atoms with E-state index in [9.17, 15) is 36.0 Å². The molecule has 1 atom stereocenters. The first-order chi connectivity index (χ1) is 17.9. The summed E-state index contributed by atoms with van der Waals surface area (Å²) >= 11 is 0. The number of anilines is 1. The Morgan fingerprint density at radius 3 is 2.32 bits per heavy atom. The van der Waals surface area contributed by atoms with Crippen LogP contribution in [0.25, 0.3) is 0 Å². The molecule has 10 nitrogen and oxygen atoms in total. The van der Waals surface area contributed by atoms with Crippen LogP contribution >= 0.6 is 0 Å². The number of hydrogen-bond acceptors (Lipinski definition) is 7. The highest BCUT2D eigenvalue weighted by atomic mass is 32.2. The minimum absolute atomic E-state index is 0.0299. The molecule has 1 fully saturated rings. The molecule has 3 aromatic rings. The first kappa shape index (κ1) is 27.0. The van der Waals surface area contributed by atoms with Crippen LogP contribution in [0.4, 0.5) is 18.9 Å². The average Bonchev–Trinajstić information content (AvgIpc) is 3.52. The molecule has 0 aliphatic carbocycles. The molecule has 1 aliphatic rings. The number of ether oxygens (including phenoxy) is 1. The molecule has 1 aliphatic heterocycles. The Hall–Kier alpha value is -4.04. The zero-order valence-electron chi connectivity index (χ0n) is 19.8. The van der Waals surface area contributed by atoms with Gasteiger partial charge in [0.15, 0.2) is 5.69 Å². The second-order valence-electron chi connectivity index (χ2n) is 8.36. The van der Waals surface area contributed by atoms with Crippen molar-refractivity contribution in [2.24, 2.45) is 7.05 Å². The number of sulfonamides is 1. The largest absolute Gasteiger partial charge is 0.435 e. The third-order valence-corrected chi connectivity index (χ3v) is 7.72. The van der Waals surface area contributed by atoms with E-state index in [1.54, 1.807) is 18.2 Å². The molecule has 4 rings (SSSR count). The van der Waals surface area contributed by atoms with E-state index in [1.807, 2.05) is 0 Å². The molecule has 38 heavy (non-hydrogen) atoms. The lowest BCUT2D eigenvalue weighted by atomic mass is 10.2. The molecule has 1 amide bonds. The molecule has 0 saturated carbocycles. The highest BCUT2D eigenvalue weighted by Crippen LogP contribution is 2.30. The number of benzene rings is 2. The Balaban J connectivity index is 1.45. The van der Waals surface area contributed by atoms with Crippen molar-refractivity contribution in [2.45, 2.75) is 30.0 Å². The van der Waals surface area contributed by atoms with Crippen LogP contribution in [-0.4, -0.2) is 52.9 Å². The molecule has 1 saturated heterocycles. The number of aryl methyl sites for hydroxylation is 1. The minimum Gasteiger partial charge on any atom is -0.388 e. The fraction of sp³-hybridized carbons (Fsp3) is 0.250. The van der Waals surface area contributed by atoms with Crippen molar-refractivity contribution < 1.29 is 40.7 Å². The number of carbonyl (C=O) groups excluding carboxylic acids is 3. The van der Waals surface area contributed by atoms with Gasteiger partial charge in [-0.05, 0) is 49.2 Å². The number of halogens is 3. The Morgan fingerprint density at radius 1 is 1.05 bits per heavy atom. The molecular weight excluding hydrogens is 529 g/mol. The summed E-state index contributed by atoms with van der Waals surface area (Å²) in [7, 11) is -3.00. The first-order valence-electron chi connectivity index (χ1n) is 11.2. The highest BCUT2D eigenvalue weighted by Gasteiger charge is 2.41. The van der Waals surface area contributed by atoms with Gasteiger partial charge >= 0.3 is 18.1 Å². The molecule has 2 heterocycles. The minimum atomic E-state index is -4.72. The van der Waals surface area contributed by atoms with Gasteiger partial charge in [0.2, 0.25) is 10.0 Å². The van der Waals surface area contributed by atoms with Gasteiger partial charge in [-0.25, -0.2) is 18.0 Å². The lowest BCUT2D eigenvalue weighted by Gasteiger charge is -2.22. The third-order valence-electron chi connectivity index (χ3n) is 5.80. The second kappa shape index (κ2) is 10.4.